The highest BCUT2D eigenvalue weighted by Gasteiger charge is 2.61. The van der Waals surface area contributed by atoms with Crippen LogP contribution in [0.25, 0.3) is 0 Å². The topological polar surface area (TPSA) is 441 Å². The van der Waals surface area contributed by atoms with Crippen LogP contribution in [0.2, 0.25) is 0 Å². The van der Waals surface area contributed by atoms with E-state index in [0.29, 0.717) is 17.5 Å². The molecule has 1 aromatic rings. The summed E-state index contributed by atoms with van der Waals surface area (Å²) in [7, 11) is 18.7. The van der Waals surface area contributed by atoms with E-state index >= 15 is 0 Å². The number of benzene rings is 1. The van der Waals surface area contributed by atoms with Crippen molar-refractivity contribution in [3.8, 4) is 11.5 Å². The molecule has 21 heterocycles. The highest BCUT2D eigenvalue weighted by Crippen LogP contribution is 2.43. The minimum absolute atomic E-state index is 0.0182. The van der Waals surface area contributed by atoms with Gasteiger partial charge in [0.2, 0.25) is 0 Å². The van der Waals surface area contributed by atoms with Gasteiger partial charge in [0.15, 0.2) is 44.0 Å². The molecule has 0 aliphatic carbocycles. The standard InChI is InChI=1S/C56H98O35.C28H48O2/c1-64-15-22-36-29(57)43(71-8)50(78-22)86-37-23(16-65-2)80-52(45(73-10)30(37)58)88-39-25(18-67-4)82-54(47(75-12)32(39)60)90-41-27(20-69-6)84-56(49(77-14)34(41)62)91-42-28(21-70-7)83-55(48(76-13)35(42)63)89-40-26(19-68-5)81-53(46(74-11)33(40)61)87-38-24(17-66-3)79-51(85-36)44(72-9)31(38)59;1-20(2)11-8-12-21(3)13-9-14-22(4)15-10-16-23(5)17-18-26-19-27(29)24(6)25(7)28(26)30/h22-63H,15-21H2,1-14H3;17,19-22,29-30H,8-16,18H2,1-7H3/b;23-17+/t22-,23-,24-,25-,26+,27+,28+,29-,30-,31-,32-,33-,34+,35-,36+,37+,38+,39+,40+,41+,42+,43+,44+,45+,46+,47+,48-,49-,50+,51+,52+,53+,54+,55+,56+;21-,22-/m01/s1/i;6+2T. The first-order chi connectivity index (χ1) is 58.6. The number of hydrogen-bond acceptors (Lipinski definition) is 37. The van der Waals surface area contributed by atoms with E-state index in [4.69, 9.17) is 134 Å². The summed E-state index contributed by atoms with van der Waals surface area (Å²) in [5.74, 6) is 2.83. The maximum absolute atomic E-state index is 12.3. The number of aliphatic hydroxyl groups excluding tert-OH is 7. The summed E-state index contributed by atoms with van der Waals surface area (Å²) in [6, 6.07) is 1.61. The lowest BCUT2D eigenvalue weighted by Crippen LogP contribution is -2.69. The molecule has 37 nitrogen and oxygen atoms in total. The zero-order chi connectivity index (χ0) is 89.3. The van der Waals surface area contributed by atoms with Crippen LogP contribution >= 0.6 is 0 Å². The maximum Gasteiger partial charge on any atom is 0.187 e. The fourth-order valence-corrected chi connectivity index (χ4v) is 17.3. The van der Waals surface area contributed by atoms with E-state index in [2.05, 4.69) is 40.7 Å². The third-order valence-electron chi connectivity index (χ3n) is 24.1. The molecule has 0 saturated carbocycles. The lowest BCUT2D eigenvalue weighted by atomic mass is 9.91. The van der Waals surface area contributed by atoms with Gasteiger partial charge in [-0.3, -0.25) is 0 Å². The van der Waals surface area contributed by atoms with E-state index in [9.17, 15) is 46.0 Å². The van der Waals surface area contributed by atoms with Gasteiger partial charge in [0, 0.05) is 106 Å². The lowest BCUT2D eigenvalue weighted by Gasteiger charge is -2.51. The van der Waals surface area contributed by atoms with Gasteiger partial charge in [-0.05, 0) is 75.0 Å². The summed E-state index contributed by atoms with van der Waals surface area (Å²) in [5, 5.41) is 107. The molecule has 37 atom stereocenters. The largest absolute Gasteiger partial charge is 0.508 e. The number of methoxy groups -OCH3 is 14. The third kappa shape index (κ3) is 26.3. The maximum atomic E-state index is 12.3. The summed E-state index contributed by atoms with van der Waals surface area (Å²) < 4.78 is 179. The molecule has 22 rings (SSSR count). The summed E-state index contributed by atoms with van der Waals surface area (Å²) in [6.45, 7) is 11.8. The van der Waals surface area contributed by atoms with E-state index in [-0.39, 0.29) is 64.6 Å². The third-order valence-corrected chi connectivity index (χ3v) is 24.1. The quantitative estimate of drug-likeness (QED) is 0.0348. The molecule has 121 heavy (non-hydrogen) atoms. The second kappa shape index (κ2) is 50.9. The number of hydrogen-bond donors (Lipinski definition) is 9. The van der Waals surface area contributed by atoms with Gasteiger partial charge < -0.3 is 179 Å². The van der Waals surface area contributed by atoms with Crippen LogP contribution in [-0.2, 0) is 139 Å². The minimum Gasteiger partial charge on any atom is -0.508 e. The molecule has 1 aromatic carbocycles. The molecule has 0 aromatic heterocycles. The van der Waals surface area contributed by atoms with Crippen LogP contribution in [-0.4, -0.2) is 407 Å². The van der Waals surface area contributed by atoms with Gasteiger partial charge in [-0.2, -0.15) is 0 Å². The summed E-state index contributed by atoms with van der Waals surface area (Å²) in [4.78, 5) is 0. The fourth-order valence-electron chi connectivity index (χ4n) is 17.3. The molecule has 0 radical (unpaired) electrons. The highest BCUT2D eigenvalue weighted by molar-refractivity contribution is 5.51. The van der Waals surface area contributed by atoms with Gasteiger partial charge in [0.05, 0.1) is 46.2 Å². The van der Waals surface area contributed by atoms with Crippen LogP contribution in [0, 0.1) is 31.6 Å². The Hall–Kier alpha value is -2.84. The molecule has 0 spiro atoms. The molecule has 0 amide bonds. The summed E-state index contributed by atoms with van der Waals surface area (Å²) in [5.41, 5.74) is 3.22. The van der Waals surface area contributed by atoms with Crippen molar-refractivity contribution in [3.63, 3.8) is 0 Å². The van der Waals surface area contributed by atoms with E-state index in [0.717, 1.165) is 29.7 Å². The molecule has 704 valence electrons. The number of allylic oxidation sites excluding steroid dienone is 2. The number of rotatable bonds is 35. The monoisotopic (exact) mass is 1750 g/mol. The average molecular weight is 1750 g/mol. The number of aromatic hydroxyl groups is 2. The van der Waals surface area contributed by atoms with Gasteiger partial charge in [-0.1, -0.05) is 84.3 Å². The minimum atomic E-state index is -1.62. The van der Waals surface area contributed by atoms with Crippen LogP contribution < -0.4 is 0 Å². The molecule has 21 aliphatic rings. The van der Waals surface area contributed by atoms with E-state index in [1.54, 1.807) is 13.0 Å². The van der Waals surface area contributed by atoms with Crippen LogP contribution in [0.15, 0.2) is 17.7 Å². The van der Waals surface area contributed by atoms with Crippen LogP contribution in [0.5, 0.6) is 11.5 Å². The van der Waals surface area contributed by atoms with Crippen molar-refractivity contribution in [2.45, 2.75) is 328 Å². The van der Waals surface area contributed by atoms with Crippen molar-refractivity contribution in [1.29, 1.82) is 0 Å². The second-order valence-electron chi connectivity index (χ2n) is 33.1. The Morgan fingerprint density at radius 2 is 0.587 bits per heavy atom. The Balaban J connectivity index is 0.000000502. The predicted molar refractivity (Wildman–Crippen MR) is 427 cm³/mol. The Morgan fingerprint density at radius 3 is 0.793 bits per heavy atom. The van der Waals surface area contributed by atoms with Gasteiger partial charge in [-0.25, -0.2) is 0 Å². The smallest absolute Gasteiger partial charge is 0.187 e. The van der Waals surface area contributed by atoms with Crippen molar-refractivity contribution in [1.82, 2.24) is 0 Å². The van der Waals surface area contributed by atoms with Crippen molar-refractivity contribution in [2.75, 3.05) is 146 Å². The fraction of sp³-hybridized carbons (Fsp3) is 0.905. The normalized spacial score (nSPS) is 40.3. The van der Waals surface area contributed by atoms with Gasteiger partial charge in [0.1, 0.15) is 182 Å². The zero-order valence-electron chi connectivity index (χ0n) is 75.3. The molecule has 0 unspecified atom stereocenters. The Kier molecular flexibility index (Phi) is 42.9. The van der Waals surface area contributed by atoms with Crippen LogP contribution in [0.3, 0.4) is 0 Å². The van der Waals surface area contributed by atoms with Crippen LogP contribution in [0.4, 0.5) is 0 Å². The van der Waals surface area contributed by atoms with Crippen molar-refractivity contribution >= 4 is 0 Å². The predicted octanol–water partition coefficient (Wildman–Crippen LogP) is 2.57. The summed E-state index contributed by atoms with van der Waals surface area (Å²) >= 11 is 0. The zero-order valence-corrected chi connectivity index (χ0v) is 74.3. The molecule has 21 saturated heterocycles. The number of ether oxygens (including phenoxy) is 28. The molecule has 37 heteroatoms. The van der Waals surface area contributed by atoms with Gasteiger partial charge in [-0.15, -0.1) is 0 Å². The first kappa shape index (κ1) is 102. The summed E-state index contributed by atoms with van der Waals surface area (Å²) in [6.07, 6.45) is -34.9. The highest BCUT2D eigenvalue weighted by atomic mass is 16.8. The number of aliphatic hydroxyl groups is 7. The Morgan fingerprint density at radius 1 is 0.364 bits per heavy atom. The second-order valence-corrected chi connectivity index (χ2v) is 33.1. The van der Waals surface area contributed by atoms with Gasteiger partial charge in [0.25, 0.3) is 0 Å². The van der Waals surface area contributed by atoms with Gasteiger partial charge >= 0.3 is 0 Å². The molecular formula is C84H146O37. The number of phenols is 2. The molecule has 21 fully saturated rings. The van der Waals surface area contributed by atoms with Crippen LogP contribution in [0.1, 0.15) is 110 Å². The Labute approximate surface area is 714 Å². The molecular weight excluding hydrogens is 1600 g/mol. The molecule has 9 N–H and O–H groups in total. The SMILES string of the molecule is COC[C@@H]1O[C@@H]2O[C@H]3[C@H](O)[C@@H](OC)[C@@H](O[C@H]4[C@@H](O)[C@H](OC)[C@@H](O[C@H]5[C@H](O)[C@H](OC)[C@@H](O[C@H]6[C@H](O)[C@@H](OC)[C@@H](O[C@H]7[C@H](O)[C@@H](OC)[C@@H](O[C@H]8[C@H](O)[C@@H](OC)[C@@H](O[C@H]1[C@H](O)[C@H]2OC)O[C@H]8COC)O[C@H]7COC)O[C@@H]6COC)O[C@@H]5COC)O[C@@H]4COC)O[C@H]3COC.[3H][14CH2]c1c(O)cc(C/C=C(\C)CCC[C@H](C)CCC[C@H](C)CCCC(C)C)c(O)c1C. The molecule has 21 aliphatic heterocycles. The van der Waals surface area contributed by atoms with Crippen molar-refractivity contribution in [3.05, 3.63) is 34.4 Å². The van der Waals surface area contributed by atoms with E-state index < -0.39 is 215 Å². The van der Waals surface area contributed by atoms with Crippen molar-refractivity contribution in [2.24, 2.45) is 17.8 Å². The van der Waals surface area contributed by atoms with E-state index in [1.165, 1.54) is 156 Å². The first-order valence-electron chi connectivity index (χ1n) is 42.8. The van der Waals surface area contributed by atoms with Crippen molar-refractivity contribution < 1.29 is 180 Å². The van der Waals surface area contributed by atoms with E-state index in [1.807, 2.05) is 0 Å². The Bertz CT molecular complexity index is 2710. The molecule has 14 bridgehead atoms. The average Bonchev–Trinajstić information content (AvgIpc) is 0.778. The first-order valence-corrected chi connectivity index (χ1v) is 42.1. The number of phenolic OH excluding ortho intramolecular Hbond substituents is 2. The lowest BCUT2D eigenvalue weighted by molar-refractivity contribution is -0.400.